The number of carbonyl (C=O) groups is 1. The van der Waals surface area contributed by atoms with Gasteiger partial charge in [0.25, 0.3) is 0 Å². The predicted octanol–water partition coefficient (Wildman–Crippen LogP) is 1.30. The molecule has 1 amide bonds. The van der Waals surface area contributed by atoms with Crippen LogP contribution in [0.1, 0.15) is 19.4 Å². The third-order valence-corrected chi connectivity index (χ3v) is 4.64. The van der Waals surface area contributed by atoms with E-state index in [0.29, 0.717) is 18.4 Å². The molecule has 0 bridgehead atoms. The molecule has 2 aliphatic heterocycles. The van der Waals surface area contributed by atoms with Gasteiger partial charge < -0.3 is 10.1 Å². The molecule has 3 atom stereocenters. The van der Waals surface area contributed by atoms with Crippen LogP contribution in [0.2, 0.25) is 0 Å². The van der Waals surface area contributed by atoms with Gasteiger partial charge in [0.2, 0.25) is 5.91 Å². The third-order valence-electron chi connectivity index (χ3n) is 4.64. The van der Waals surface area contributed by atoms with Crippen LogP contribution >= 0.6 is 0 Å². The van der Waals surface area contributed by atoms with Crippen LogP contribution in [0.3, 0.4) is 0 Å². The largest absolute Gasteiger partial charge is 0.380 e. The van der Waals surface area contributed by atoms with Crippen molar-refractivity contribution in [2.75, 3.05) is 26.3 Å². The second kappa shape index (κ2) is 6.75. The molecule has 22 heavy (non-hydrogen) atoms. The fourth-order valence-electron chi connectivity index (χ4n) is 3.63. The fourth-order valence-corrected chi connectivity index (χ4v) is 3.63. The Balaban J connectivity index is 1.63. The number of amides is 1. The van der Waals surface area contributed by atoms with Crippen molar-refractivity contribution in [1.29, 1.82) is 0 Å². The van der Waals surface area contributed by atoms with Gasteiger partial charge in [0, 0.05) is 38.1 Å². The smallest absolute Gasteiger partial charge is 0.225 e. The zero-order valence-electron chi connectivity index (χ0n) is 13.4. The Kier molecular flexibility index (Phi) is 4.74. The Labute approximate surface area is 132 Å². The van der Waals surface area contributed by atoms with Crippen molar-refractivity contribution in [2.24, 2.45) is 17.8 Å². The van der Waals surface area contributed by atoms with E-state index < -0.39 is 0 Å². The second-order valence-corrected chi connectivity index (χ2v) is 6.78. The van der Waals surface area contributed by atoms with Crippen LogP contribution in [-0.4, -0.2) is 48.1 Å². The average molecular weight is 303 g/mol. The van der Waals surface area contributed by atoms with E-state index in [0.717, 1.165) is 26.2 Å². The summed E-state index contributed by atoms with van der Waals surface area (Å²) >= 11 is 0. The maximum atomic E-state index is 12.4. The molecule has 2 saturated heterocycles. The van der Waals surface area contributed by atoms with Crippen LogP contribution < -0.4 is 5.32 Å². The number of pyridine rings is 1. The number of hydrogen-bond donors (Lipinski definition) is 1. The molecule has 2 aliphatic rings. The molecule has 0 aliphatic carbocycles. The van der Waals surface area contributed by atoms with Gasteiger partial charge in [-0.2, -0.15) is 0 Å². The lowest BCUT2D eigenvalue weighted by Crippen LogP contribution is -2.46. The first-order chi connectivity index (χ1) is 10.6. The zero-order chi connectivity index (χ0) is 15.5. The SMILES string of the molecule is CC(C)NC(=O)[C@H]1COC[C@H]2CN(Cc3ccncc3)C[C@@H]21. The molecule has 0 saturated carbocycles. The van der Waals surface area contributed by atoms with Crippen molar-refractivity contribution in [3.63, 3.8) is 0 Å². The minimum atomic E-state index is -0.0106. The summed E-state index contributed by atoms with van der Waals surface area (Å²) in [5.74, 6) is 1.02. The van der Waals surface area contributed by atoms with E-state index in [1.54, 1.807) is 0 Å². The van der Waals surface area contributed by atoms with Crippen molar-refractivity contribution >= 4 is 5.91 Å². The van der Waals surface area contributed by atoms with Crippen molar-refractivity contribution < 1.29 is 9.53 Å². The lowest BCUT2D eigenvalue weighted by molar-refractivity contribution is -0.134. The molecule has 1 aromatic rings. The number of hydrogen-bond acceptors (Lipinski definition) is 4. The van der Waals surface area contributed by atoms with Gasteiger partial charge in [-0.05, 0) is 43.4 Å². The molecular weight excluding hydrogens is 278 g/mol. The Morgan fingerprint density at radius 2 is 2.14 bits per heavy atom. The predicted molar refractivity (Wildman–Crippen MR) is 84.1 cm³/mol. The summed E-state index contributed by atoms with van der Waals surface area (Å²) in [4.78, 5) is 18.9. The summed E-state index contributed by atoms with van der Waals surface area (Å²) < 4.78 is 5.70. The Morgan fingerprint density at radius 1 is 1.36 bits per heavy atom. The molecule has 1 N–H and O–H groups in total. The van der Waals surface area contributed by atoms with Crippen LogP contribution in [0, 0.1) is 17.8 Å². The second-order valence-electron chi connectivity index (χ2n) is 6.78. The average Bonchev–Trinajstić information content (AvgIpc) is 2.89. The summed E-state index contributed by atoms with van der Waals surface area (Å²) in [6, 6.07) is 4.30. The molecule has 2 fully saturated rings. The minimum absolute atomic E-state index is 0.0106. The first-order valence-corrected chi connectivity index (χ1v) is 8.13. The topological polar surface area (TPSA) is 54.5 Å². The van der Waals surface area contributed by atoms with Crippen LogP contribution in [0.5, 0.6) is 0 Å². The third kappa shape index (κ3) is 3.47. The molecule has 5 heteroatoms. The highest BCUT2D eigenvalue weighted by Crippen LogP contribution is 2.34. The van der Waals surface area contributed by atoms with Gasteiger partial charge in [-0.1, -0.05) is 0 Å². The first-order valence-electron chi connectivity index (χ1n) is 8.13. The molecule has 0 radical (unpaired) electrons. The Bertz CT molecular complexity index is 506. The number of carbonyl (C=O) groups excluding carboxylic acids is 1. The van der Waals surface area contributed by atoms with Gasteiger partial charge in [0.15, 0.2) is 0 Å². The molecule has 3 rings (SSSR count). The van der Waals surface area contributed by atoms with Gasteiger partial charge in [-0.25, -0.2) is 0 Å². The van der Waals surface area contributed by atoms with Crippen molar-refractivity contribution in [2.45, 2.75) is 26.4 Å². The van der Waals surface area contributed by atoms with Crippen LogP contribution in [0.15, 0.2) is 24.5 Å². The Hall–Kier alpha value is -1.46. The van der Waals surface area contributed by atoms with E-state index in [1.165, 1.54) is 5.56 Å². The molecule has 5 nitrogen and oxygen atoms in total. The van der Waals surface area contributed by atoms with Crippen LogP contribution in [0.4, 0.5) is 0 Å². The van der Waals surface area contributed by atoms with E-state index in [4.69, 9.17) is 4.74 Å². The number of fused-ring (bicyclic) bond motifs is 1. The highest BCUT2D eigenvalue weighted by atomic mass is 16.5. The van der Waals surface area contributed by atoms with E-state index in [2.05, 4.69) is 27.3 Å². The molecular formula is C17H25N3O2. The van der Waals surface area contributed by atoms with Crippen LogP contribution in [-0.2, 0) is 16.1 Å². The van der Waals surface area contributed by atoms with Crippen molar-refractivity contribution in [1.82, 2.24) is 15.2 Å². The standard InChI is InChI=1S/C17H25N3O2/c1-12(2)19-17(21)16-11-22-10-14-8-20(9-15(14)16)7-13-3-5-18-6-4-13/h3-6,12,14-16H,7-11H2,1-2H3,(H,19,21)/t14-,15+,16+/m1/s1. The zero-order valence-corrected chi connectivity index (χ0v) is 13.4. The van der Waals surface area contributed by atoms with Crippen molar-refractivity contribution in [3.8, 4) is 0 Å². The lowest BCUT2D eigenvalue weighted by atomic mass is 9.82. The van der Waals surface area contributed by atoms with Crippen molar-refractivity contribution in [3.05, 3.63) is 30.1 Å². The summed E-state index contributed by atoms with van der Waals surface area (Å²) in [6.45, 7) is 8.26. The number of ether oxygens (including phenoxy) is 1. The maximum absolute atomic E-state index is 12.4. The molecule has 0 unspecified atom stereocenters. The molecule has 0 aromatic carbocycles. The number of likely N-dealkylation sites (tertiary alicyclic amines) is 1. The summed E-state index contributed by atoms with van der Waals surface area (Å²) in [6.07, 6.45) is 3.67. The van der Waals surface area contributed by atoms with E-state index in [9.17, 15) is 4.79 Å². The van der Waals surface area contributed by atoms with Gasteiger partial charge in [0.05, 0.1) is 19.1 Å². The van der Waals surface area contributed by atoms with Gasteiger partial charge in [0.1, 0.15) is 0 Å². The number of nitrogens with one attached hydrogen (secondary N) is 1. The van der Waals surface area contributed by atoms with E-state index in [1.807, 2.05) is 26.2 Å². The van der Waals surface area contributed by atoms with Crippen LogP contribution in [0.25, 0.3) is 0 Å². The molecule has 120 valence electrons. The first kappa shape index (κ1) is 15.4. The van der Waals surface area contributed by atoms with E-state index in [-0.39, 0.29) is 17.9 Å². The minimum Gasteiger partial charge on any atom is -0.380 e. The quantitative estimate of drug-likeness (QED) is 0.911. The fraction of sp³-hybridized carbons (Fsp3) is 0.647. The Morgan fingerprint density at radius 3 is 2.86 bits per heavy atom. The van der Waals surface area contributed by atoms with Gasteiger partial charge in [-0.3, -0.25) is 14.7 Å². The highest BCUT2D eigenvalue weighted by Gasteiger charge is 2.43. The molecule has 0 spiro atoms. The number of nitrogens with zero attached hydrogens (tertiary/aromatic N) is 2. The number of rotatable bonds is 4. The molecule has 1 aromatic heterocycles. The monoisotopic (exact) mass is 303 g/mol. The van der Waals surface area contributed by atoms with Gasteiger partial charge >= 0.3 is 0 Å². The summed E-state index contributed by atoms with van der Waals surface area (Å²) in [5, 5.41) is 3.04. The van der Waals surface area contributed by atoms with Gasteiger partial charge in [-0.15, -0.1) is 0 Å². The lowest BCUT2D eigenvalue weighted by Gasteiger charge is -2.32. The van der Waals surface area contributed by atoms with E-state index >= 15 is 0 Å². The maximum Gasteiger partial charge on any atom is 0.225 e. The summed E-state index contributed by atoms with van der Waals surface area (Å²) in [7, 11) is 0. The normalized spacial score (nSPS) is 28.6. The summed E-state index contributed by atoms with van der Waals surface area (Å²) in [5.41, 5.74) is 1.28. The number of aromatic nitrogens is 1. The highest BCUT2D eigenvalue weighted by molar-refractivity contribution is 5.79. The molecule has 3 heterocycles.